The number of hydrogen-bond acceptors (Lipinski definition) is 7. The fraction of sp³-hybridized carbons (Fsp3) is 0.318. The third-order valence-corrected chi connectivity index (χ3v) is 6.99. The van der Waals surface area contributed by atoms with Gasteiger partial charge in [-0.1, -0.05) is 19.3 Å². The SMILES string of the molecule is CC1=Nc2ccc(-c3nc4cc(-c5nn[nH]n5)ccc4n3C3CCCCC3)cc2SN1. The maximum absolute atomic E-state index is 5.10. The van der Waals surface area contributed by atoms with Crippen LogP contribution < -0.4 is 4.72 Å². The molecule has 31 heavy (non-hydrogen) atoms. The number of nitrogens with zero attached hydrogens (tertiary/aromatic N) is 6. The summed E-state index contributed by atoms with van der Waals surface area (Å²) in [5.74, 6) is 2.52. The number of aromatic nitrogens is 6. The Kier molecular flexibility index (Phi) is 4.48. The minimum Gasteiger partial charge on any atom is -0.321 e. The Morgan fingerprint density at radius 2 is 1.90 bits per heavy atom. The maximum Gasteiger partial charge on any atom is 0.204 e. The Morgan fingerprint density at radius 1 is 1.03 bits per heavy atom. The van der Waals surface area contributed by atoms with Crippen molar-refractivity contribution in [3.63, 3.8) is 0 Å². The van der Waals surface area contributed by atoms with Gasteiger partial charge in [0.15, 0.2) is 0 Å². The van der Waals surface area contributed by atoms with Gasteiger partial charge in [0.2, 0.25) is 5.82 Å². The number of amidine groups is 1. The van der Waals surface area contributed by atoms with Crippen molar-refractivity contribution in [1.29, 1.82) is 0 Å². The molecular weight excluding hydrogens is 408 g/mol. The van der Waals surface area contributed by atoms with Crippen molar-refractivity contribution in [2.24, 2.45) is 4.99 Å². The highest BCUT2D eigenvalue weighted by atomic mass is 32.2. The van der Waals surface area contributed by atoms with E-state index in [9.17, 15) is 0 Å². The lowest BCUT2D eigenvalue weighted by Gasteiger charge is -2.26. The fourth-order valence-electron chi connectivity index (χ4n) is 4.59. The summed E-state index contributed by atoms with van der Waals surface area (Å²) in [6.45, 7) is 1.98. The van der Waals surface area contributed by atoms with Crippen LogP contribution in [0.4, 0.5) is 5.69 Å². The first-order chi connectivity index (χ1) is 15.3. The quantitative estimate of drug-likeness (QED) is 0.442. The molecule has 2 aromatic carbocycles. The Bertz CT molecular complexity index is 1280. The number of H-pyrrole nitrogens is 1. The average molecular weight is 431 g/mol. The van der Waals surface area contributed by atoms with Crippen LogP contribution >= 0.6 is 11.9 Å². The standard InChI is InChI=1S/C22H22N8S/c1-13-23-17-9-7-15(12-20(17)31-27-13)22-24-18-11-14(21-25-28-29-26-21)8-10-19(18)30(22)16-5-3-2-4-6-16/h7-12,16H,2-6H2,1H3,(H,23,27)(H,25,26,28,29). The van der Waals surface area contributed by atoms with Crippen LogP contribution in [0.2, 0.25) is 0 Å². The second kappa shape index (κ2) is 7.49. The van der Waals surface area contributed by atoms with Gasteiger partial charge in [0, 0.05) is 17.2 Å². The Morgan fingerprint density at radius 3 is 2.74 bits per heavy atom. The van der Waals surface area contributed by atoms with Crippen LogP contribution in [0, 0.1) is 0 Å². The number of aliphatic imine (C=N–C) groups is 1. The van der Waals surface area contributed by atoms with E-state index < -0.39 is 0 Å². The van der Waals surface area contributed by atoms with Crippen LogP contribution in [0.5, 0.6) is 0 Å². The molecule has 0 unspecified atom stereocenters. The number of aromatic amines is 1. The van der Waals surface area contributed by atoms with Crippen LogP contribution in [0.15, 0.2) is 46.3 Å². The van der Waals surface area contributed by atoms with Gasteiger partial charge in [-0.25, -0.2) is 9.98 Å². The fourth-order valence-corrected chi connectivity index (χ4v) is 5.30. The van der Waals surface area contributed by atoms with E-state index in [-0.39, 0.29) is 0 Å². The topological polar surface area (TPSA) is 96.7 Å². The van der Waals surface area contributed by atoms with E-state index in [1.807, 2.05) is 6.92 Å². The van der Waals surface area contributed by atoms with Gasteiger partial charge in [-0.2, -0.15) is 5.21 Å². The van der Waals surface area contributed by atoms with Crippen LogP contribution in [0.1, 0.15) is 45.1 Å². The van der Waals surface area contributed by atoms with Crippen LogP contribution in [-0.4, -0.2) is 36.0 Å². The Labute approximate surface area is 183 Å². The molecule has 156 valence electrons. The highest BCUT2D eigenvalue weighted by Crippen LogP contribution is 2.39. The smallest absolute Gasteiger partial charge is 0.204 e. The number of benzene rings is 2. The van der Waals surface area contributed by atoms with Gasteiger partial charge < -0.3 is 9.29 Å². The van der Waals surface area contributed by atoms with E-state index in [4.69, 9.17) is 4.98 Å². The molecule has 2 aromatic heterocycles. The van der Waals surface area contributed by atoms with Gasteiger partial charge in [-0.15, -0.1) is 10.2 Å². The molecular formula is C22H22N8S. The zero-order valence-electron chi connectivity index (χ0n) is 17.2. The molecule has 1 aliphatic heterocycles. The summed E-state index contributed by atoms with van der Waals surface area (Å²) in [5.41, 5.74) is 5.15. The number of nitrogens with one attached hydrogen (secondary N) is 2. The van der Waals surface area contributed by atoms with Gasteiger partial charge in [0.05, 0.1) is 21.6 Å². The summed E-state index contributed by atoms with van der Waals surface area (Å²) in [6.07, 6.45) is 6.23. The van der Waals surface area contributed by atoms with E-state index in [0.29, 0.717) is 11.9 Å². The molecule has 1 aliphatic carbocycles. The third-order valence-electron chi connectivity index (χ3n) is 6.05. The summed E-state index contributed by atoms with van der Waals surface area (Å²) in [4.78, 5) is 10.8. The molecule has 0 amide bonds. The second-order valence-electron chi connectivity index (χ2n) is 8.12. The van der Waals surface area contributed by atoms with Crippen molar-refractivity contribution in [3.8, 4) is 22.8 Å². The first-order valence-electron chi connectivity index (χ1n) is 10.6. The normalized spacial score (nSPS) is 16.7. The summed E-state index contributed by atoms with van der Waals surface area (Å²) in [6, 6.07) is 13.2. The van der Waals surface area contributed by atoms with Crippen molar-refractivity contribution in [2.45, 2.75) is 50.0 Å². The van der Waals surface area contributed by atoms with Crippen LogP contribution in [-0.2, 0) is 0 Å². The minimum atomic E-state index is 0.465. The van der Waals surface area contributed by atoms with E-state index in [1.165, 1.54) is 32.1 Å². The van der Waals surface area contributed by atoms with E-state index in [2.05, 4.69) is 71.3 Å². The number of rotatable bonds is 3. The van der Waals surface area contributed by atoms with Crippen LogP contribution in [0.3, 0.4) is 0 Å². The summed E-state index contributed by atoms with van der Waals surface area (Å²) >= 11 is 1.61. The van der Waals surface area contributed by atoms with Crippen molar-refractivity contribution >= 4 is 34.5 Å². The molecule has 0 saturated heterocycles. The molecule has 2 aliphatic rings. The molecule has 8 nitrogen and oxygen atoms in total. The molecule has 4 aromatic rings. The predicted octanol–water partition coefficient (Wildman–Crippen LogP) is 5.05. The predicted molar refractivity (Wildman–Crippen MR) is 122 cm³/mol. The summed E-state index contributed by atoms with van der Waals surface area (Å²) < 4.78 is 5.71. The van der Waals surface area contributed by atoms with Crippen molar-refractivity contribution in [2.75, 3.05) is 0 Å². The summed E-state index contributed by atoms with van der Waals surface area (Å²) in [7, 11) is 0. The zero-order chi connectivity index (χ0) is 20.8. The molecule has 9 heteroatoms. The van der Waals surface area contributed by atoms with Crippen LogP contribution in [0.25, 0.3) is 33.8 Å². The average Bonchev–Trinajstić information content (AvgIpc) is 3.47. The molecule has 2 N–H and O–H groups in total. The number of hydrogen-bond donors (Lipinski definition) is 2. The first-order valence-corrected chi connectivity index (χ1v) is 11.5. The molecule has 0 radical (unpaired) electrons. The minimum absolute atomic E-state index is 0.465. The third kappa shape index (κ3) is 3.29. The molecule has 0 bridgehead atoms. The monoisotopic (exact) mass is 430 g/mol. The second-order valence-corrected chi connectivity index (χ2v) is 8.97. The lowest BCUT2D eigenvalue weighted by atomic mass is 9.94. The van der Waals surface area contributed by atoms with Gasteiger partial charge in [0.1, 0.15) is 11.7 Å². The lowest BCUT2D eigenvalue weighted by molar-refractivity contribution is 0.362. The molecule has 1 fully saturated rings. The summed E-state index contributed by atoms with van der Waals surface area (Å²) in [5, 5.41) is 14.5. The Balaban J connectivity index is 1.52. The number of tetrazole rings is 1. The van der Waals surface area contributed by atoms with Gasteiger partial charge in [0.25, 0.3) is 0 Å². The van der Waals surface area contributed by atoms with E-state index >= 15 is 0 Å². The zero-order valence-corrected chi connectivity index (χ0v) is 18.0. The highest BCUT2D eigenvalue weighted by molar-refractivity contribution is 7.98. The number of fused-ring (bicyclic) bond motifs is 2. The lowest BCUT2D eigenvalue weighted by Crippen LogP contribution is -2.15. The largest absolute Gasteiger partial charge is 0.321 e. The molecule has 1 saturated carbocycles. The van der Waals surface area contributed by atoms with Gasteiger partial charge in [-0.05, 0) is 73.3 Å². The maximum atomic E-state index is 5.10. The van der Waals surface area contributed by atoms with Crippen molar-refractivity contribution in [3.05, 3.63) is 36.4 Å². The highest BCUT2D eigenvalue weighted by Gasteiger charge is 2.23. The Hall–Kier alpha value is -3.20. The molecule has 0 atom stereocenters. The van der Waals surface area contributed by atoms with Crippen molar-refractivity contribution < 1.29 is 0 Å². The molecule has 3 heterocycles. The van der Waals surface area contributed by atoms with Crippen molar-refractivity contribution in [1.82, 2.24) is 34.9 Å². The van der Waals surface area contributed by atoms with Gasteiger partial charge >= 0.3 is 0 Å². The number of imidazole rings is 1. The van der Waals surface area contributed by atoms with Gasteiger partial charge in [-0.3, -0.25) is 0 Å². The first kappa shape index (κ1) is 18.6. The molecule has 0 spiro atoms. The molecule has 6 rings (SSSR count). The van der Waals surface area contributed by atoms with E-state index in [0.717, 1.165) is 44.4 Å². The van der Waals surface area contributed by atoms with E-state index in [1.54, 1.807) is 11.9 Å².